The molecule has 3 amide bonds. The fourth-order valence-corrected chi connectivity index (χ4v) is 3.63. The largest absolute Gasteiger partial charge is 0.455 e. The van der Waals surface area contributed by atoms with Crippen molar-refractivity contribution < 1.29 is 14.3 Å². The average Bonchev–Trinajstić information content (AvgIpc) is 2.69. The highest BCUT2D eigenvalue weighted by atomic mass is 16.5. The van der Waals surface area contributed by atoms with Crippen molar-refractivity contribution in [2.75, 3.05) is 18.4 Å². The molecule has 1 aliphatic rings. The van der Waals surface area contributed by atoms with E-state index in [1.54, 1.807) is 11.0 Å². The lowest BCUT2D eigenvalue weighted by molar-refractivity contribution is -0.130. The van der Waals surface area contributed by atoms with Crippen LogP contribution in [-0.2, 0) is 4.79 Å². The number of nitrogens with zero attached hydrogens (tertiary/aromatic N) is 1. The third-order valence-electron chi connectivity index (χ3n) is 5.41. The van der Waals surface area contributed by atoms with Crippen LogP contribution in [0, 0.1) is 12.3 Å². The second kappa shape index (κ2) is 8.33. The first-order valence-corrected chi connectivity index (χ1v) is 9.63. The van der Waals surface area contributed by atoms with Crippen LogP contribution in [0.4, 0.5) is 10.5 Å². The molecule has 3 N–H and O–H groups in total. The minimum absolute atomic E-state index is 0.251. The normalized spacial score (nSPS) is 19.1. The molecule has 28 heavy (non-hydrogen) atoms. The van der Waals surface area contributed by atoms with E-state index in [1.807, 2.05) is 56.3 Å². The molecule has 3 rings (SSSR count). The Morgan fingerprint density at radius 2 is 2.00 bits per heavy atom. The molecule has 0 spiro atoms. The second-order valence-electron chi connectivity index (χ2n) is 7.37. The zero-order chi connectivity index (χ0) is 20.1. The van der Waals surface area contributed by atoms with Gasteiger partial charge >= 0.3 is 6.03 Å². The fourth-order valence-electron chi connectivity index (χ4n) is 3.63. The molecule has 148 valence electrons. The van der Waals surface area contributed by atoms with Gasteiger partial charge in [0.25, 0.3) is 0 Å². The third-order valence-corrected chi connectivity index (χ3v) is 5.41. The maximum atomic E-state index is 12.9. The first-order chi connectivity index (χ1) is 13.4. The number of rotatable bonds is 5. The van der Waals surface area contributed by atoms with Crippen LogP contribution in [0.25, 0.3) is 0 Å². The van der Waals surface area contributed by atoms with Gasteiger partial charge in [0.05, 0.1) is 11.1 Å². The van der Waals surface area contributed by atoms with Gasteiger partial charge in [0.1, 0.15) is 5.75 Å². The SMILES string of the molecule is CC[C@@]1(C(N)=O)CCCN(C(=O)Nc2ccccc2Oc2cccc(C)c2)C1. The maximum Gasteiger partial charge on any atom is 0.321 e. The number of likely N-dealkylation sites (tertiary alicyclic amines) is 1. The van der Waals surface area contributed by atoms with Gasteiger partial charge in [-0.3, -0.25) is 4.79 Å². The van der Waals surface area contributed by atoms with Crippen LogP contribution in [0.2, 0.25) is 0 Å². The summed E-state index contributed by atoms with van der Waals surface area (Å²) in [5.41, 5.74) is 6.66. The number of piperidine rings is 1. The summed E-state index contributed by atoms with van der Waals surface area (Å²) >= 11 is 0. The smallest absolute Gasteiger partial charge is 0.321 e. The molecule has 2 aromatic carbocycles. The fraction of sp³-hybridized carbons (Fsp3) is 0.364. The van der Waals surface area contributed by atoms with Crippen LogP contribution < -0.4 is 15.8 Å². The number of benzene rings is 2. The zero-order valence-corrected chi connectivity index (χ0v) is 16.4. The zero-order valence-electron chi connectivity index (χ0n) is 16.4. The molecule has 1 heterocycles. The predicted octanol–water partition coefficient (Wildman–Crippen LogP) is 4.30. The highest BCUT2D eigenvalue weighted by Crippen LogP contribution is 2.34. The highest BCUT2D eigenvalue weighted by Gasteiger charge is 2.40. The summed E-state index contributed by atoms with van der Waals surface area (Å²) in [6, 6.07) is 14.8. The number of primary amides is 1. The van der Waals surface area contributed by atoms with E-state index >= 15 is 0 Å². The van der Waals surface area contributed by atoms with Gasteiger partial charge in [-0.15, -0.1) is 0 Å². The second-order valence-corrected chi connectivity index (χ2v) is 7.37. The Labute approximate surface area is 165 Å². The Morgan fingerprint density at radius 3 is 2.71 bits per heavy atom. The number of urea groups is 1. The molecule has 2 aromatic rings. The van der Waals surface area contributed by atoms with Crippen molar-refractivity contribution in [3.05, 3.63) is 54.1 Å². The lowest BCUT2D eigenvalue weighted by Gasteiger charge is -2.40. The third kappa shape index (κ3) is 4.27. The number of nitrogens with one attached hydrogen (secondary N) is 1. The Balaban J connectivity index is 1.75. The number of carbonyl (C=O) groups excluding carboxylic acids is 2. The van der Waals surface area contributed by atoms with Crippen LogP contribution in [0.3, 0.4) is 0 Å². The first kappa shape index (κ1) is 19.7. The number of nitrogens with two attached hydrogens (primary N) is 1. The Bertz CT molecular complexity index is 868. The minimum atomic E-state index is -0.646. The summed E-state index contributed by atoms with van der Waals surface area (Å²) in [5.74, 6) is 0.934. The van der Waals surface area contributed by atoms with Gasteiger partial charge in [0.2, 0.25) is 5.91 Å². The van der Waals surface area contributed by atoms with E-state index in [4.69, 9.17) is 10.5 Å². The topological polar surface area (TPSA) is 84.7 Å². The Kier molecular flexibility index (Phi) is 5.87. The summed E-state index contributed by atoms with van der Waals surface area (Å²) < 4.78 is 5.97. The standard InChI is InChI=1S/C22H27N3O3/c1-3-22(20(23)26)12-7-13-25(15-22)21(27)24-18-10-4-5-11-19(18)28-17-9-6-8-16(2)14-17/h4-6,8-11,14H,3,7,12-13,15H2,1-2H3,(H2,23,26)(H,24,27)/t22-/m1/s1. The molecule has 1 aliphatic heterocycles. The van der Waals surface area contributed by atoms with Gasteiger partial charge in [-0.05, 0) is 56.0 Å². The van der Waals surface area contributed by atoms with E-state index in [9.17, 15) is 9.59 Å². The maximum absolute atomic E-state index is 12.9. The summed E-state index contributed by atoms with van der Waals surface area (Å²) in [6.45, 7) is 4.88. The van der Waals surface area contributed by atoms with Crippen LogP contribution in [-0.4, -0.2) is 29.9 Å². The molecule has 0 bridgehead atoms. The van der Waals surface area contributed by atoms with E-state index in [1.165, 1.54) is 0 Å². The van der Waals surface area contributed by atoms with Gasteiger partial charge in [0, 0.05) is 13.1 Å². The number of carbonyl (C=O) groups is 2. The van der Waals surface area contributed by atoms with Gasteiger partial charge < -0.3 is 20.7 Å². The average molecular weight is 381 g/mol. The number of aryl methyl sites for hydroxylation is 1. The lowest BCUT2D eigenvalue weighted by Crippen LogP contribution is -2.52. The van der Waals surface area contributed by atoms with Gasteiger partial charge in [-0.25, -0.2) is 4.79 Å². The number of hydrogen-bond acceptors (Lipinski definition) is 3. The van der Waals surface area contributed by atoms with Crippen molar-refractivity contribution in [2.24, 2.45) is 11.1 Å². The van der Waals surface area contributed by atoms with Crippen molar-refractivity contribution in [1.82, 2.24) is 4.90 Å². The van der Waals surface area contributed by atoms with Crippen LogP contribution in [0.5, 0.6) is 11.5 Å². The summed E-state index contributed by atoms with van der Waals surface area (Å²) in [5, 5.41) is 2.93. The quantitative estimate of drug-likeness (QED) is 0.810. The monoisotopic (exact) mass is 381 g/mol. The van der Waals surface area contributed by atoms with E-state index in [0.29, 0.717) is 36.7 Å². The molecular formula is C22H27N3O3. The van der Waals surface area contributed by atoms with Crippen LogP contribution in [0.1, 0.15) is 31.7 Å². The molecule has 1 saturated heterocycles. The number of amides is 3. The van der Waals surface area contributed by atoms with E-state index in [-0.39, 0.29) is 11.9 Å². The minimum Gasteiger partial charge on any atom is -0.455 e. The Morgan fingerprint density at radius 1 is 1.21 bits per heavy atom. The summed E-state index contributed by atoms with van der Waals surface area (Å²) in [6.07, 6.45) is 2.10. The Hall–Kier alpha value is -3.02. The molecule has 0 saturated carbocycles. The van der Waals surface area contributed by atoms with E-state index in [2.05, 4.69) is 5.32 Å². The molecule has 1 atom stereocenters. The first-order valence-electron chi connectivity index (χ1n) is 9.63. The van der Waals surface area contributed by atoms with Crippen LogP contribution >= 0.6 is 0 Å². The molecule has 1 fully saturated rings. The molecule has 0 radical (unpaired) electrons. The number of ether oxygens (including phenoxy) is 1. The van der Waals surface area contributed by atoms with Gasteiger partial charge in [-0.2, -0.15) is 0 Å². The molecule has 0 aromatic heterocycles. The highest BCUT2D eigenvalue weighted by molar-refractivity contribution is 5.92. The van der Waals surface area contributed by atoms with Crippen molar-refractivity contribution in [1.29, 1.82) is 0 Å². The number of anilines is 1. The predicted molar refractivity (Wildman–Crippen MR) is 109 cm³/mol. The number of hydrogen-bond donors (Lipinski definition) is 2. The molecule has 0 aliphatic carbocycles. The van der Waals surface area contributed by atoms with Crippen LogP contribution in [0.15, 0.2) is 48.5 Å². The number of para-hydroxylation sites is 2. The van der Waals surface area contributed by atoms with Crippen molar-refractivity contribution >= 4 is 17.6 Å². The van der Waals surface area contributed by atoms with E-state index in [0.717, 1.165) is 18.4 Å². The molecular weight excluding hydrogens is 354 g/mol. The van der Waals surface area contributed by atoms with Crippen molar-refractivity contribution in [2.45, 2.75) is 33.1 Å². The molecule has 0 unspecified atom stereocenters. The lowest BCUT2D eigenvalue weighted by atomic mass is 9.77. The van der Waals surface area contributed by atoms with E-state index < -0.39 is 5.41 Å². The summed E-state index contributed by atoms with van der Waals surface area (Å²) in [7, 11) is 0. The molecule has 6 nitrogen and oxygen atoms in total. The van der Waals surface area contributed by atoms with Crippen molar-refractivity contribution in [3.8, 4) is 11.5 Å². The van der Waals surface area contributed by atoms with Gasteiger partial charge in [0.15, 0.2) is 5.75 Å². The van der Waals surface area contributed by atoms with Crippen molar-refractivity contribution in [3.63, 3.8) is 0 Å². The summed E-state index contributed by atoms with van der Waals surface area (Å²) in [4.78, 5) is 26.5. The van der Waals surface area contributed by atoms with Gasteiger partial charge in [-0.1, -0.05) is 31.2 Å². The molecule has 6 heteroatoms.